The highest BCUT2D eigenvalue weighted by molar-refractivity contribution is 6.00. The average molecular weight is 399 g/mol. The number of aromatic nitrogens is 1. The van der Waals surface area contributed by atoms with Crippen molar-refractivity contribution in [2.75, 3.05) is 18.5 Å². The van der Waals surface area contributed by atoms with E-state index in [9.17, 15) is 9.90 Å². The van der Waals surface area contributed by atoms with Crippen LogP contribution >= 0.6 is 0 Å². The van der Waals surface area contributed by atoms with Gasteiger partial charge in [-0.3, -0.25) is 9.78 Å². The van der Waals surface area contributed by atoms with Gasteiger partial charge < -0.3 is 15.2 Å². The molecule has 6 nitrogen and oxygen atoms in total. The van der Waals surface area contributed by atoms with Crippen molar-refractivity contribution in [3.05, 3.63) is 83.2 Å². The summed E-state index contributed by atoms with van der Waals surface area (Å²) in [6.45, 7) is 2.44. The third-order valence-electron chi connectivity index (χ3n) is 5.45. The lowest BCUT2D eigenvalue weighted by molar-refractivity contribution is -0.139. The number of nitrogens with zero attached hydrogens (tertiary/aromatic N) is 2. The Hall–Kier alpha value is -3.53. The second kappa shape index (κ2) is 8.07. The van der Waals surface area contributed by atoms with Crippen molar-refractivity contribution >= 4 is 11.6 Å². The molecule has 0 spiro atoms. The van der Waals surface area contributed by atoms with Crippen LogP contribution in [-0.2, 0) is 21.6 Å². The van der Waals surface area contributed by atoms with Crippen LogP contribution in [0.3, 0.4) is 0 Å². The summed E-state index contributed by atoms with van der Waals surface area (Å²) in [4.78, 5) is 17.4. The molecule has 3 aromatic rings. The molecular weight excluding hydrogens is 378 g/mol. The second-order valence-corrected chi connectivity index (χ2v) is 7.44. The van der Waals surface area contributed by atoms with Crippen LogP contribution in [0.2, 0.25) is 0 Å². The number of carbonyl (C=O) groups is 1. The number of amides is 1. The lowest BCUT2D eigenvalue weighted by Crippen LogP contribution is -2.55. The quantitative estimate of drug-likeness (QED) is 0.686. The first-order chi connectivity index (χ1) is 14.6. The number of anilines is 1. The molecule has 0 unspecified atom stereocenters. The second-order valence-electron chi connectivity index (χ2n) is 7.44. The summed E-state index contributed by atoms with van der Waals surface area (Å²) in [6, 6.07) is 18.4. The van der Waals surface area contributed by atoms with Crippen molar-refractivity contribution in [2.24, 2.45) is 0 Å². The van der Waals surface area contributed by atoms with E-state index in [2.05, 4.69) is 16.4 Å². The zero-order valence-electron chi connectivity index (χ0n) is 16.6. The van der Waals surface area contributed by atoms with Gasteiger partial charge in [0.05, 0.1) is 31.5 Å². The lowest BCUT2D eigenvalue weighted by Gasteiger charge is -2.40. The Labute approximate surface area is 174 Å². The Morgan fingerprint density at radius 3 is 2.47 bits per heavy atom. The first kappa shape index (κ1) is 19.8. The van der Waals surface area contributed by atoms with Gasteiger partial charge in [-0.15, -0.1) is 0 Å². The van der Waals surface area contributed by atoms with Crippen molar-refractivity contribution in [1.82, 2.24) is 4.98 Å². The molecule has 6 heteroatoms. The average Bonchev–Trinajstić information content (AvgIpc) is 2.74. The van der Waals surface area contributed by atoms with E-state index in [1.807, 2.05) is 37.3 Å². The van der Waals surface area contributed by atoms with E-state index in [1.54, 1.807) is 30.5 Å². The standard InChI is InChI=1S/C24H21N3O3/c1-16-10-19(13-28)22(12-26-16)18-4-6-20(7-5-18)24(14-30-15-24)23(29)27-21-8-2-17(11-25)3-9-21/h2-10,12,28H,13-15H2,1H3,(H,27,29). The highest BCUT2D eigenvalue weighted by Crippen LogP contribution is 2.35. The molecule has 4 rings (SSSR count). The number of hydrogen-bond acceptors (Lipinski definition) is 5. The summed E-state index contributed by atoms with van der Waals surface area (Å²) < 4.78 is 5.41. The van der Waals surface area contributed by atoms with Crippen molar-refractivity contribution in [2.45, 2.75) is 18.9 Å². The predicted molar refractivity (Wildman–Crippen MR) is 113 cm³/mol. The fourth-order valence-corrected chi connectivity index (χ4v) is 3.59. The van der Waals surface area contributed by atoms with Crippen molar-refractivity contribution in [1.29, 1.82) is 5.26 Å². The number of aliphatic hydroxyl groups excluding tert-OH is 1. The van der Waals surface area contributed by atoms with Gasteiger partial charge in [0.1, 0.15) is 5.41 Å². The third kappa shape index (κ3) is 3.57. The number of hydrogen-bond donors (Lipinski definition) is 2. The normalized spacial score (nSPS) is 14.4. The maximum atomic E-state index is 13.1. The van der Waals surface area contributed by atoms with Gasteiger partial charge in [0.15, 0.2) is 0 Å². The maximum absolute atomic E-state index is 13.1. The van der Waals surface area contributed by atoms with Gasteiger partial charge in [-0.1, -0.05) is 24.3 Å². The van der Waals surface area contributed by atoms with E-state index in [1.165, 1.54) is 0 Å². The van der Waals surface area contributed by atoms with E-state index < -0.39 is 5.41 Å². The smallest absolute Gasteiger partial charge is 0.239 e. The molecule has 1 aliphatic rings. The SMILES string of the molecule is Cc1cc(CO)c(-c2ccc(C3(C(=O)Nc4ccc(C#N)cc4)COC3)cc2)cn1. The molecule has 0 bridgehead atoms. The highest BCUT2D eigenvalue weighted by Gasteiger charge is 2.47. The van der Waals surface area contributed by atoms with Gasteiger partial charge in [0.2, 0.25) is 5.91 Å². The molecule has 1 saturated heterocycles. The number of nitriles is 1. The van der Waals surface area contributed by atoms with Crippen molar-refractivity contribution in [3.63, 3.8) is 0 Å². The Bertz CT molecular complexity index is 1110. The van der Waals surface area contributed by atoms with Gasteiger partial charge in [0, 0.05) is 23.1 Å². The molecule has 0 saturated carbocycles. The maximum Gasteiger partial charge on any atom is 0.239 e. The summed E-state index contributed by atoms with van der Waals surface area (Å²) in [6.07, 6.45) is 1.76. The number of pyridine rings is 1. The number of aryl methyl sites for hydroxylation is 1. The fraction of sp³-hybridized carbons (Fsp3) is 0.208. The molecule has 1 amide bonds. The summed E-state index contributed by atoms with van der Waals surface area (Å²) in [5.74, 6) is -0.140. The van der Waals surface area contributed by atoms with Crippen LogP contribution in [-0.4, -0.2) is 29.2 Å². The monoisotopic (exact) mass is 399 g/mol. The van der Waals surface area contributed by atoms with Gasteiger partial charge in [-0.05, 0) is 53.9 Å². The van der Waals surface area contributed by atoms with Crippen LogP contribution in [0.5, 0.6) is 0 Å². The zero-order valence-corrected chi connectivity index (χ0v) is 16.6. The van der Waals surface area contributed by atoms with Crippen molar-refractivity contribution in [3.8, 4) is 17.2 Å². The first-order valence-electron chi connectivity index (χ1n) is 9.62. The van der Waals surface area contributed by atoms with Crippen LogP contribution in [0.15, 0.2) is 60.8 Å². The first-order valence-corrected chi connectivity index (χ1v) is 9.62. The van der Waals surface area contributed by atoms with Gasteiger partial charge in [-0.2, -0.15) is 5.26 Å². The van der Waals surface area contributed by atoms with E-state index in [-0.39, 0.29) is 12.5 Å². The molecule has 0 radical (unpaired) electrons. The minimum Gasteiger partial charge on any atom is -0.392 e. The van der Waals surface area contributed by atoms with Gasteiger partial charge >= 0.3 is 0 Å². The summed E-state index contributed by atoms with van der Waals surface area (Å²) in [5.41, 5.74) is 4.76. The summed E-state index contributed by atoms with van der Waals surface area (Å²) >= 11 is 0. The van der Waals surface area contributed by atoms with Crippen LogP contribution in [0, 0.1) is 18.3 Å². The Morgan fingerprint density at radius 1 is 1.20 bits per heavy atom. The fourth-order valence-electron chi connectivity index (χ4n) is 3.59. The molecule has 1 fully saturated rings. The topological polar surface area (TPSA) is 95.2 Å². The number of nitrogens with one attached hydrogen (secondary N) is 1. The molecule has 1 aliphatic heterocycles. The molecule has 1 aromatic heterocycles. The van der Waals surface area contributed by atoms with Crippen LogP contribution in [0.1, 0.15) is 22.4 Å². The third-order valence-corrected chi connectivity index (χ3v) is 5.45. The minimum absolute atomic E-state index is 0.0643. The van der Waals surface area contributed by atoms with Crippen molar-refractivity contribution < 1.29 is 14.6 Å². The van der Waals surface area contributed by atoms with Gasteiger partial charge in [-0.25, -0.2) is 0 Å². The van der Waals surface area contributed by atoms with Crippen LogP contribution < -0.4 is 5.32 Å². The number of ether oxygens (including phenoxy) is 1. The molecule has 2 aromatic carbocycles. The molecule has 30 heavy (non-hydrogen) atoms. The zero-order chi connectivity index (χ0) is 21.1. The molecule has 0 atom stereocenters. The van der Waals surface area contributed by atoms with E-state index in [0.717, 1.165) is 27.9 Å². The number of benzene rings is 2. The Morgan fingerprint density at radius 2 is 1.90 bits per heavy atom. The molecule has 2 N–H and O–H groups in total. The molecule has 0 aliphatic carbocycles. The summed E-state index contributed by atoms with van der Waals surface area (Å²) in [5, 5.41) is 21.5. The number of carbonyl (C=O) groups excluding carboxylic acids is 1. The number of aliphatic hydroxyl groups is 1. The van der Waals surface area contributed by atoms with Crippen LogP contribution in [0.25, 0.3) is 11.1 Å². The van der Waals surface area contributed by atoms with E-state index in [0.29, 0.717) is 24.5 Å². The molecule has 150 valence electrons. The largest absolute Gasteiger partial charge is 0.392 e. The highest BCUT2D eigenvalue weighted by atomic mass is 16.5. The van der Waals surface area contributed by atoms with Crippen LogP contribution in [0.4, 0.5) is 5.69 Å². The Kier molecular flexibility index (Phi) is 5.32. The molecule has 2 heterocycles. The molecular formula is C24H21N3O3. The predicted octanol–water partition coefficient (Wildman–Crippen LogP) is 3.33. The summed E-state index contributed by atoms with van der Waals surface area (Å²) in [7, 11) is 0. The van der Waals surface area contributed by atoms with E-state index >= 15 is 0 Å². The minimum atomic E-state index is -0.752. The Balaban J connectivity index is 1.58. The number of rotatable bonds is 5. The van der Waals surface area contributed by atoms with E-state index in [4.69, 9.17) is 10.00 Å². The lowest BCUT2D eigenvalue weighted by atomic mass is 9.77. The van der Waals surface area contributed by atoms with Gasteiger partial charge in [0.25, 0.3) is 0 Å².